The first-order valence-corrected chi connectivity index (χ1v) is 13.3. The molecular weight excluding hydrogens is 318 g/mol. The van der Waals surface area contributed by atoms with Crippen molar-refractivity contribution < 1.29 is 8.85 Å². The standard InChI is InChI=1S/C18H35NO2Si2/c1-18(2,3)23(6,7)19(17-13-9-8-10-14-17)15-11-12-16-22(20-4)21-5/h8-10,13-14,22H,11-12,15-16H2,1-7H3. The fraction of sp³-hybridized carbons (Fsp3) is 0.667. The van der Waals surface area contributed by atoms with E-state index >= 15 is 0 Å². The van der Waals surface area contributed by atoms with Crippen molar-refractivity contribution in [2.24, 2.45) is 0 Å². The average Bonchev–Trinajstić information content (AvgIpc) is 2.50. The van der Waals surface area contributed by atoms with Crippen LogP contribution in [0.5, 0.6) is 0 Å². The molecule has 0 radical (unpaired) electrons. The Bertz CT molecular complexity index is 442. The number of rotatable bonds is 9. The Morgan fingerprint density at radius 1 is 1.00 bits per heavy atom. The van der Waals surface area contributed by atoms with Gasteiger partial charge in [-0.15, -0.1) is 0 Å². The van der Waals surface area contributed by atoms with E-state index in [-0.39, 0.29) is 0 Å². The van der Waals surface area contributed by atoms with Crippen LogP contribution in [0.1, 0.15) is 33.6 Å². The summed E-state index contributed by atoms with van der Waals surface area (Å²) in [6, 6.07) is 12.0. The summed E-state index contributed by atoms with van der Waals surface area (Å²) in [5.41, 5.74) is 1.37. The largest absolute Gasteiger partial charge is 0.400 e. The van der Waals surface area contributed by atoms with Crippen molar-refractivity contribution in [3.63, 3.8) is 0 Å². The van der Waals surface area contributed by atoms with E-state index in [1.165, 1.54) is 18.5 Å². The van der Waals surface area contributed by atoms with Crippen molar-refractivity contribution in [2.45, 2.75) is 57.8 Å². The predicted octanol–water partition coefficient (Wildman–Crippen LogP) is 4.79. The summed E-state index contributed by atoms with van der Waals surface area (Å²) < 4.78 is 13.5. The lowest BCUT2D eigenvalue weighted by atomic mass is 10.2. The molecule has 0 bridgehead atoms. The molecular formula is C18H35NO2Si2. The quantitative estimate of drug-likeness (QED) is 0.470. The van der Waals surface area contributed by atoms with Crippen molar-refractivity contribution in [1.29, 1.82) is 0 Å². The van der Waals surface area contributed by atoms with Crippen LogP contribution in [0, 0.1) is 0 Å². The summed E-state index contributed by atoms with van der Waals surface area (Å²) in [7, 11) is 0.542. The molecule has 23 heavy (non-hydrogen) atoms. The summed E-state index contributed by atoms with van der Waals surface area (Å²) in [5.74, 6) is 0. The molecule has 0 saturated carbocycles. The van der Waals surface area contributed by atoms with Crippen molar-refractivity contribution in [2.75, 3.05) is 25.3 Å². The second-order valence-corrected chi connectivity index (χ2v) is 15.2. The summed E-state index contributed by atoms with van der Waals surface area (Å²) in [6.45, 7) is 13.2. The third kappa shape index (κ3) is 5.74. The minimum atomic E-state index is -1.59. The third-order valence-corrected chi connectivity index (χ3v) is 12.6. The molecule has 0 amide bonds. The van der Waals surface area contributed by atoms with Crippen LogP contribution >= 0.6 is 0 Å². The maximum atomic E-state index is 5.42. The third-order valence-electron chi connectivity index (χ3n) is 5.18. The molecule has 1 aromatic carbocycles. The van der Waals surface area contributed by atoms with Crippen molar-refractivity contribution in [1.82, 2.24) is 0 Å². The Hall–Kier alpha value is -0.626. The van der Waals surface area contributed by atoms with Gasteiger partial charge in [-0.1, -0.05) is 52.1 Å². The molecule has 1 rings (SSSR count). The van der Waals surface area contributed by atoms with Crippen LogP contribution in [-0.2, 0) is 8.85 Å². The predicted molar refractivity (Wildman–Crippen MR) is 106 cm³/mol. The van der Waals surface area contributed by atoms with E-state index in [0.29, 0.717) is 5.04 Å². The zero-order chi connectivity index (χ0) is 17.5. The zero-order valence-electron chi connectivity index (χ0n) is 16.1. The fourth-order valence-electron chi connectivity index (χ4n) is 2.66. The second-order valence-electron chi connectivity index (χ2n) is 7.69. The van der Waals surface area contributed by atoms with Crippen LogP contribution in [0.2, 0.25) is 24.2 Å². The van der Waals surface area contributed by atoms with Crippen LogP contribution in [-0.4, -0.2) is 38.3 Å². The minimum Gasteiger partial charge on any atom is -0.400 e. The van der Waals surface area contributed by atoms with Gasteiger partial charge in [-0.3, -0.25) is 0 Å². The summed E-state index contributed by atoms with van der Waals surface area (Å²) in [4.78, 5) is 0. The number of nitrogens with zero attached hydrogens (tertiary/aromatic N) is 1. The molecule has 0 atom stereocenters. The van der Waals surface area contributed by atoms with Crippen LogP contribution in [0.3, 0.4) is 0 Å². The monoisotopic (exact) mass is 353 g/mol. The Morgan fingerprint density at radius 2 is 1.57 bits per heavy atom. The molecule has 132 valence electrons. The van der Waals surface area contributed by atoms with Gasteiger partial charge in [-0.05, 0) is 36.1 Å². The normalized spacial score (nSPS) is 12.7. The van der Waals surface area contributed by atoms with Gasteiger partial charge in [-0.2, -0.15) is 0 Å². The first-order chi connectivity index (χ1) is 10.7. The number of unbranched alkanes of at least 4 members (excludes halogenated alkanes) is 1. The zero-order valence-corrected chi connectivity index (χ0v) is 18.2. The SMILES string of the molecule is CO[SiH](CCCCN(c1ccccc1)[Si](C)(C)C(C)(C)C)OC. The highest BCUT2D eigenvalue weighted by atomic mass is 28.3. The van der Waals surface area contributed by atoms with Gasteiger partial charge in [0.05, 0.1) is 0 Å². The van der Waals surface area contributed by atoms with Gasteiger partial charge in [0.25, 0.3) is 0 Å². The van der Waals surface area contributed by atoms with Gasteiger partial charge in [-0.25, -0.2) is 0 Å². The fourth-order valence-corrected chi connectivity index (χ4v) is 6.26. The second kappa shape index (κ2) is 9.01. The first kappa shape index (κ1) is 20.4. The Labute approximate surface area is 145 Å². The number of hydrogen-bond acceptors (Lipinski definition) is 3. The van der Waals surface area contributed by atoms with Gasteiger partial charge in [0.2, 0.25) is 0 Å². The lowest BCUT2D eigenvalue weighted by Crippen LogP contribution is -2.55. The van der Waals surface area contributed by atoms with E-state index < -0.39 is 17.5 Å². The number of anilines is 1. The number of hydrogen-bond donors (Lipinski definition) is 0. The van der Waals surface area contributed by atoms with Crippen LogP contribution in [0.15, 0.2) is 30.3 Å². The lowest BCUT2D eigenvalue weighted by molar-refractivity contribution is 0.276. The summed E-state index contributed by atoms with van der Waals surface area (Å²) in [6.07, 6.45) is 2.37. The molecule has 0 aliphatic rings. The summed E-state index contributed by atoms with van der Waals surface area (Å²) >= 11 is 0. The molecule has 0 aliphatic carbocycles. The summed E-state index contributed by atoms with van der Waals surface area (Å²) in [5, 5.41) is 0.333. The molecule has 0 saturated heterocycles. The molecule has 0 aliphatic heterocycles. The maximum Gasteiger partial charge on any atom is 0.320 e. The maximum absolute atomic E-state index is 5.42. The number of benzene rings is 1. The molecule has 5 heteroatoms. The lowest BCUT2D eigenvalue weighted by Gasteiger charge is -2.47. The van der Waals surface area contributed by atoms with E-state index in [2.05, 4.69) is 68.8 Å². The van der Waals surface area contributed by atoms with E-state index in [4.69, 9.17) is 8.85 Å². The Balaban J connectivity index is 2.78. The molecule has 0 unspecified atom stereocenters. The van der Waals surface area contributed by atoms with E-state index in [0.717, 1.165) is 12.6 Å². The van der Waals surface area contributed by atoms with Crippen molar-refractivity contribution in [3.8, 4) is 0 Å². The van der Waals surface area contributed by atoms with Gasteiger partial charge in [0.15, 0.2) is 8.24 Å². The molecule has 0 N–H and O–H groups in total. The van der Waals surface area contributed by atoms with Gasteiger partial charge in [0, 0.05) is 26.5 Å². The van der Waals surface area contributed by atoms with Crippen LogP contribution in [0.25, 0.3) is 0 Å². The highest BCUT2D eigenvalue weighted by Crippen LogP contribution is 2.40. The number of para-hydroxylation sites is 1. The molecule has 1 aromatic rings. The van der Waals surface area contributed by atoms with Crippen LogP contribution < -0.4 is 4.57 Å². The highest BCUT2D eigenvalue weighted by molar-refractivity contribution is 6.83. The topological polar surface area (TPSA) is 21.7 Å². The molecule has 0 heterocycles. The van der Waals surface area contributed by atoms with Crippen molar-refractivity contribution in [3.05, 3.63) is 30.3 Å². The Kier molecular flexibility index (Phi) is 8.00. The molecule has 0 aromatic heterocycles. The van der Waals surface area contributed by atoms with Gasteiger partial charge < -0.3 is 13.4 Å². The molecule has 3 nitrogen and oxygen atoms in total. The van der Waals surface area contributed by atoms with E-state index in [9.17, 15) is 0 Å². The first-order valence-electron chi connectivity index (χ1n) is 8.62. The molecule has 0 fully saturated rings. The highest BCUT2D eigenvalue weighted by Gasteiger charge is 2.41. The van der Waals surface area contributed by atoms with E-state index in [1.54, 1.807) is 14.2 Å². The smallest absolute Gasteiger partial charge is 0.320 e. The minimum absolute atomic E-state index is 0.333. The Morgan fingerprint density at radius 3 is 2.04 bits per heavy atom. The average molecular weight is 354 g/mol. The van der Waals surface area contributed by atoms with Crippen molar-refractivity contribution >= 4 is 23.2 Å². The van der Waals surface area contributed by atoms with Crippen LogP contribution in [0.4, 0.5) is 5.69 Å². The molecule has 0 spiro atoms. The van der Waals surface area contributed by atoms with E-state index in [1.807, 2.05) is 0 Å². The van der Waals surface area contributed by atoms with Gasteiger partial charge >= 0.3 is 9.28 Å². The van der Waals surface area contributed by atoms with Gasteiger partial charge in [0.1, 0.15) is 0 Å².